The van der Waals surface area contributed by atoms with Gasteiger partial charge in [0.05, 0.1) is 27.9 Å². The van der Waals surface area contributed by atoms with Gasteiger partial charge in [0.2, 0.25) is 11.8 Å². The Balaban J connectivity index is 1.40. The minimum absolute atomic E-state index is 0.0316. The highest BCUT2D eigenvalue weighted by atomic mass is 16.5. The number of H-pyrrole nitrogens is 1. The van der Waals surface area contributed by atoms with Crippen molar-refractivity contribution in [3.8, 4) is 17.2 Å². The number of ether oxygens (including phenoxy) is 3. The number of amides is 2. The lowest BCUT2D eigenvalue weighted by molar-refractivity contribution is -0.158. The van der Waals surface area contributed by atoms with Gasteiger partial charge in [0.15, 0.2) is 0 Å². The number of aromatic amines is 1. The highest BCUT2D eigenvalue weighted by molar-refractivity contribution is 5.97. The zero-order valence-corrected chi connectivity index (χ0v) is 22.3. The normalized spacial score (nSPS) is 18.6. The van der Waals surface area contributed by atoms with Gasteiger partial charge in [-0.1, -0.05) is 30.3 Å². The van der Waals surface area contributed by atoms with E-state index in [-0.39, 0.29) is 18.4 Å². The fourth-order valence-electron chi connectivity index (χ4n) is 5.95. The first-order valence-electron chi connectivity index (χ1n) is 13.1. The fraction of sp³-hybridized carbons (Fsp3) is 0.290. The van der Waals surface area contributed by atoms with E-state index in [2.05, 4.69) is 11.1 Å². The predicted molar refractivity (Wildman–Crippen MR) is 147 cm³/mol. The van der Waals surface area contributed by atoms with Crippen molar-refractivity contribution < 1.29 is 23.8 Å². The van der Waals surface area contributed by atoms with Crippen molar-refractivity contribution in [2.75, 3.05) is 34.4 Å². The summed E-state index contributed by atoms with van der Waals surface area (Å²) in [5.41, 5.74) is 4.81. The molecule has 1 N–H and O–H groups in total. The number of fused-ring (bicyclic) bond motifs is 4. The van der Waals surface area contributed by atoms with Crippen LogP contribution in [-0.4, -0.2) is 67.1 Å². The number of nitrogens with zero attached hydrogens (tertiary/aromatic N) is 2. The third-order valence-electron chi connectivity index (χ3n) is 7.90. The molecule has 2 unspecified atom stereocenters. The molecule has 200 valence electrons. The Bertz CT molecular complexity index is 1540. The van der Waals surface area contributed by atoms with Crippen molar-refractivity contribution in [1.29, 1.82) is 0 Å². The Morgan fingerprint density at radius 3 is 2.38 bits per heavy atom. The van der Waals surface area contributed by atoms with E-state index < -0.39 is 12.1 Å². The number of rotatable bonds is 7. The Kier molecular flexibility index (Phi) is 6.38. The van der Waals surface area contributed by atoms with Gasteiger partial charge in [-0.05, 0) is 53.9 Å². The van der Waals surface area contributed by atoms with Crippen molar-refractivity contribution in [2.45, 2.75) is 24.9 Å². The van der Waals surface area contributed by atoms with Gasteiger partial charge in [-0.15, -0.1) is 0 Å². The van der Waals surface area contributed by atoms with Crippen LogP contribution in [0.3, 0.4) is 0 Å². The van der Waals surface area contributed by atoms with E-state index >= 15 is 0 Å². The average Bonchev–Trinajstić information content (AvgIpc) is 3.35. The van der Waals surface area contributed by atoms with Crippen molar-refractivity contribution in [3.05, 3.63) is 89.1 Å². The molecule has 1 aromatic heterocycles. The topological polar surface area (TPSA) is 84.1 Å². The maximum absolute atomic E-state index is 14.0. The average molecular weight is 526 g/mol. The minimum Gasteiger partial charge on any atom is -0.497 e. The molecule has 4 aromatic rings. The number of carbonyl (C=O) groups excluding carboxylic acids is 2. The molecule has 0 aliphatic carbocycles. The Hall–Kier alpha value is -4.46. The molecule has 3 heterocycles. The molecule has 1 saturated heterocycles. The van der Waals surface area contributed by atoms with Crippen molar-refractivity contribution >= 4 is 22.7 Å². The maximum atomic E-state index is 14.0. The number of aromatic nitrogens is 1. The van der Waals surface area contributed by atoms with Gasteiger partial charge in [-0.2, -0.15) is 0 Å². The zero-order valence-electron chi connectivity index (χ0n) is 22.3. The van der Waals surface area contributed by atoms with Gasteiger partial charge in [0.1, 0.15) is 29.3 Å². The third-order valence-corrected chi connectivity index (χ3v) is 7.90. The number of para-hydroxylation sites is 1. The highest BCUT2D eigenvalue weighted by Crippen LogP contribution is 2.45. The molecule has 39 heavy (non-hydrogen) atoms. The molecule has 0 bridgehead atoms. The first-order chi connectivity index (χ1) is 19.0. The van der Waals surface area contributed by atoms with Crippen LogP contribution in [-0.2, 0) is 22.4 Å². The number of hydrogen-bond donors (Lipinski definition) is 1. The van der Waals surface area contributed by atoms with Crippen LogP contribution >= 0.6 is 0 Å². The first-order valence-corrected chi connectivity index (χ1v) is 13.1. The molecule has 0 radical (unpaired) electrons. The van der Waals surface area contributed by atoms with E-state index in [0.29, 0.717) is 30.9 Å². The van der Waals surface area contributed by atoms with Gasteiger partial charge in [-0.25, -0.2) is 0 Å². The van der Waals surface area contributed by atoms with Gasteiger partial charge >= 0.3 is 0 Å². The molecular formula is C31H31N3O5. The quantitative estimate of drug-likeness (QED) is 0.393. The molecule has 1 fully saturated rings. The van der Waals surface area contributed by atoms with Crippen LogP contribution in [0, 0.1) is 0 Å². The van der Waals surface area contributed by atoms with Crippen LogP contribution in [0.15, 0.2) is 66.7 Å². The second-order valence-corrected chi connectivity index (χ2v) is 9.95. The van der Waals surface area contributed by atoms with Crippen LogP contribution < -0.4 is 14.2 Å². The molecule has 8 nitrogen and oxygen atoms in total. The first kappa shape index (κ1) is 24.9. The van der Waals surface area contributed by atoms with E-state index in [1.165, 1.54) is 0 Å². The smallest absolute Gasteiger partial charge is 0.246 e. The predicted octanol–water partition coefficient (Wildman–Crippen LogP) is 4.12. The number of benzene rings is 3. The maximum Gasteiger partial charge on any atom is 0.246 e. The number of piperazine rings is 1. The lowest BCUT2D eigenvalue weighted by Gasteiger charge is -2.47. The number of nitrogens with one attached hydrogen (secondary N) is 1. The molecule has 2 aliphatic rings. The van der Waals surface area contributed by atoms with E-state index in [1.54, 1.807) is 31.1 Å². The lowest BCUT2D eigenvalue weighted by Crippen LogP contribution is -2.63. The van der Waals surface area contributed by atoms with Crippen LogP contribution in [0.5, 0.6) is 17.2 Å². The summed E-state index contributed by atoms with van der Waals surface area (Å²) in [7, 11) is 4.86. The largest absolute Gasteiger partial charge is 0.497 e. The summed E-state index contributed by atoms with van der Waals surface area (Å²) in [5, 5.41) is 1.06. The van der Waals surface area contributed by atoms with Crippen LogP contribution in [0.1, 0.15) is 28.4 Å². The summed E-state index contributed by atoms with van der Waals surface area (Å²) >= 11 is 0. The number of methoxy groups -OCH3 is 3. The summed E-state index contributed by atoms with van der Waals surface area (Å²) in [6.45, 7) is 0.499. The van der Waals surface area contributed by atoms with Crippen LogP contribution in [0.4, 0.5) is 0 Å². The van der Waals surface area contributed by atoms with Crippen LogP contribution in [0.25, 0.3) is 10.9 Å². The molecule has 2 aliphatic heterocycles. The van der Waals surface area contributed by atoms with Gasteiger partial charge in [-0.3, -0.25) is 9.59 Å². The summed E-state index contributed by atoms with van der Waals surface area (Å²) in [4.78, 5) is 34.9. The number of carbonyl (C=O) groups is 2. The molecule has 2 atom stereocenters. The molecule has 6 rings (SSSR count). The lowest BCUT2D eigenvalue weighted by atomic mass is 9.85. The summed E-state index contributed by atoms with van der Waals surface area (Å²) in [6, 6.07) is 20.3. The molecule has 0 spiro atoms. The SMILES string of the molecule is COc1ccc(CCN2CC(=O)N3C(Cc4c([nH]c5ccccc45)C3c3cc(OC)ccc3OC)C2=O)cc1. The molecular weight excluding hydrogens is 494 g/mol. The molecule has 8 heteroatoms. The Labute approximate surface area is 227 Å². The van der Waals surface area contributed by atoms with E-state index in [4.69, 9.17) is 14.2 Å². The monoisotopic (exact) mass is 525 g/mol. The van der Waals surface area contributed by atoms with Crippen LogP contribution in [0.2, 0.25) is 0 Å². The van der Waals surface area contributed by atoms with E-state index in [9.17, 15) is 9.59 Å². The van der Waals surface area contributed by atoms with E-state index in [0.717, 1.165) is 39.0 Å². The fourth-order valence-corrected chi connectivity index (χ4v) is 5.95. The van der Waals surface area contributed by atoms with Crippen molar-refractivity contribution in [1.82, 2.24) is 14.8 Å². The Morgan fingerprint density at radius 1 is 0.897 bits per heavy atom. The van der Waals surface area contributed by atoms with Gasteiger partial charge < -0.3 is 29.0 Å². The van der Waals surface area contributed by atoms with Crippen molar-refractivity contribution in [3.63, 3.8) is 0 Å². The highest BCUT2D eigenvalue weighted by Gasteiger charge is 2.48. The summed E-state index contributed by atoms with van der Waals surface area (Å²) in [6.07, 6.45) is 1.10. The second-order valence-electron chi connectivity index (χ2n) is 9.95. The van der Waals surface area contributed by atoms with Gasteiger partial charge in [0, 0.05) is 35.1 Å². The molecule has 0 saturated carbocycles. The minimum atomic E-state index is -0.616. The summed E-state index contributed by atoms with van der Waals surface area (Å²) < 4.78 is 16.5. The second kappa shape index (κ2) is 10.0. The molecule has 2 amide bonds. The standard InChI is InChI=1S/C31H31N3O5/c1-37-20-10-8-19(9-11-20)14-15-33-18-28(35)34-26(31(33)36)17-23-22-6-4-5-7-25(22)32-29(23)30(34)24-16-21(38-2)12-13-27(24)39-3/h4-13,16,26,30,32H,14-15,17-18H2,1-3H3. The van der Waals surface area contributed by atoms with Gasteiger partial charge in [0.25, 0.3) is 0 Å². The Morgan fingerprint density at radius 2 is 1.64 bits per heavy atom. The van der Waals surface area contributed by atoms with E-state index in [1.807, 2.05) is 60.7 Å². The zero-order chi connectivity index (χ0) is 27.1. The molecule has 3 aromatic carbocycles. The van der Waals surface area contributed by atoms with Crippen molar-refractivity contribution in [2.24, 2.45) is 0 Å². The summed E-state index contributed by atoms with van der Waals surface area (Å²) in [5.74, 6) is 1.95. The third kappa shape index (κ3) is 4.26. The number of hydrogen-bond acceptors (Lipinski definition) is 5.